The van der Waals surface area contributed by atoms with E-state index in [9.17, 15) is 4.79 Å². The monoisotopic (exact) mass is 261 g/mol. The number of hydrogen-bond acceptors (Lipinski definition) is 2. The Hall–Kier alpha value is -2.81. The third kappa shape index (κ3) is 1.57. The van der Waals surface area contributed by atoms with Crippen molar-refractivity contribution in [1.82, 2.24) is 4.57 Å². The van der Waals surface area contributed by atoms with Crippen LogP contribution in [0.1, 0.15) is 0 Å². The van der Waals surface area contributed by atoms with E-state index in [4.69, 9.17) is 4.42 Å². The Balaban J connectivity index is 2.15. The van der Waals surface area contributed by atoms with Gasteiger partial charge in [0.1, 0.15) is 5.58 Å². The normalized spacial score (nSPS) is 11.2. The Morgan fingerprint density at radius 1 is 0.900 bits per heavy atom. The van der Waals surface area contributed by atoms with Crippen LogP contribution in [0.25, 0.3) is 27.6 Å². The number of para-hydroxylation sites is 2. The summed E-state index contributed by atoms with van der Waals surface area (Å²) in [7, 11) is 0. The van der Waals surface area contributed by atoms with Gasteiger partial charge in [-0.15, -0.1) is 0 Å². The highest BCUT2D eigenvalue weighted by molar-refractivity contribution is 5.89. The molecule has 3 heteroatoms. The van der Waals surface area contributed by atoms with Crippen LogP contribution in [0.5, 0.6) is 0 Å². The molecule has 0 unspecified atom stereocenters. The van der Waals surface area contributed by atoms with Crippen molar-refractivity contribution in [2.24, 2.45) is 0 Å². The Labute approximate surface area is 114 Å². The molecular weight excluding hydrogens is 250 g/mol. The van der Waals surface area contributed by atoms with Crippen LogP contribution in [0.4, 0.5) is 0 Å². The minimum absolute atomic E-state index is 0.337. The molecular formula is C17H11NO2. The zero-order chi connectivity index (χ0) is 13.5. The van der Waals surface area contributed by atoms with E-state index in [2.05, 4.69) is 6.07 Å². The summed E-state index contributed by atoms with van der Waals surface area (Å²) in [5, 5.41) is 2.07. The number of nitrogens with zero attached hydrogens (tertiary/aromatic N) is 1. The number of benzene rings is 2. The molecule has 96 valence electrons. The molecule has 0 fully saturated rings. The van der Waals surface area contributed by atoms with Gasteiger partial charge in [-0.25, -0.2) is 4.79 Å². The highest BCUT2D eigenvalue weighted by atomic mass is 16.4. The van der Waals surface area contributed by atoms with Crippen LogP contribution in [0, 0.1) is 0 Å². The average Bonchev–Trinajstić information content (AvgIpc) is 2.90. The molecule has 0 aliphatic heterocycles. The van der Waals surface area contributed by atoms with E-state index in [1.807, 2.05) is 59.3 Å². The molecule has 0 saturated carbocycles. The van der Waals surface area contributed by atoms with Crippen LogP contribution in [0.2, 0.25) is 0 Å². The molecule has 0 amide bonds. The van der Waals surface area contributed by atoms with Crippen LogP contribution >= 0.6 is 0 Å². The molecule has 4 aromatic rings. The van der Waals surface area contributed by atoms with Gasteiger partial charge < -0.3 is 8.98 Å². The van der Waals surface area contributed by atoms with E-state index < -0.39 is 0 Å². The molecule has 0 aliphatic carbocycles. The highest BCUT2D eigenvalue weighted by Gasteiger charge is 2.09. The van der Waals surface area contributed by atoms with Gasteiger partial charge in [0.15, 0.2) is 0 Å². The lowest BCUT2D eigenvalue weighted by Crippen LogP contribution is -2.02. The predicted octanol–water partition coefficient (Wildman–Crippen LogP) is 3.74. The lowest BCUT2D eigenvalue weighted by molar-refractivity contribution is 0.560. The van der Waals surface area contributed by atoms with Crippen LogP contribution in [-0.2, 0) is 0 Å². The molecule has 0 N–H and O–H groups in total. The number of aromatic nitrogens is 1. The fourth-order valence-electron chi connectivity index (χ4n) is 2.59. The topological polar surface area (TPSA) is 35.1 Å². The quantitative estimate of drug-likeness (QED) is 0.489. The average molecular weight is 261 g/mol. The van der Waals surface area contributed by atoms with Crippen molar-refractivity contribution >= 4 is 21.9 Å². The molecule has 0 aliphatic rings. The summed E-state index contributed by atoms with van der Waals surface area (Å²) in [6, 6.07) is 19.2. The minimum atomic E-state index is -0.337. The first-order valence-electron chi connectivity index (χ1n) is 6.42. The van der Waals surface area contributed by atoms with Crippen molar-refractivity contribution in [2.45, 2.75) is 0 Å². The largest absolute Gasteiger partial charge is 0.423 e. The molecule has 3 nitrogen and oxygen atoms in total. The number of rotatable bonds is 1. The number of fused-ring (bicyclic) bond motifs is 2. The molecule has 2 aromatic carbocycles. The molecule has 0 atom stereocenters. The van der Waals surface area contributed by atoms with Gasteiger partial charge in [0.25, 0.3) is 0 Å². The van der Waals surface area contributed by atoms with Gasteiger partial charge in [0, 0.05) is 17.6 Å². The molecule has 0 bridgehead atoms. The Morgan fingerprint density at radius 3 is 2.65 bits per heavy atom. The summed E-state index contributed by atoms with van der Waals surface area (Å²) < 4.78 is 7.27. The maximum absolute atomic E-state index is 11.8. The van der Waals surface area contributed by atoms with Crippen LogP contribution in [0.15, 0.2) is 76.1 Å². The maximum Gasteiger partial charge on any atom is 0.338 e. The van der Waals surface area contributed by atoms with Crippen molar-refractivity contribution in [2.75, 3.05) is 0 Å². The fraction of sp³-hybridized carbons (Fsp3) is 0. The molecule has 4 rings (SSSR count). The lowest BCUT2D eigenvalue weighted by atomic mass is 10.2. The summed E-state index contributed by atoms with van der Waals surface area (Å²) in [6.07, 6.45) is 1.98. The van der Waals surface area contributed by atoms with Gasteiger partial charge >= 0.3 is 5.63 Å². The summed E-state index contributed by atoms with van der Waals surface area (Å²) >= 11 is 0. The second-order valence-corrected chi connectivity index (χ2v) is 4.69. The first kappa shape index (κ1) is 11.1. The molecule has 20 heavy (non-hydrogen) atoms. The third-order valence-corrected chi connectivity index (χ3v) is 3.49. The van der Waals surface area contributed by atoms with Gasteiger partial charge in [-0.3, -0.25) is 0 Å². The Kier molecular flexibility index (Phi) is 2.27. The summed E-state index contributed by atoms with van der Waals surface area (Å²) in [4.78, 5) is 11.8. The molecule has 2 heterocycles. The van der Waals surface area contributed by atoms with Crippen molar-refractivity contribution < 1.29 is 4.42 Å². The molecule has 0 spiro atoms. The van der Waals surface area contributed by atoms with Gasteiger partial charge in [0.05, 0.1) is 11.2 Å². The predicted molar refractivity (Wildman–Crippen MR) is 79.3 cm³/mol. The van der Waals surface area contributed by atoms with Crippen molar-refractivity contribution in [3.8, 4) is 5.69 Å². The first-order chi connectivity index (χ1) is 9.83. The smallest absolute Gasteiger partial charge is 0.338 e. The van der Waals surface area contributed by atoms with Crippen LogP contribution in [0.3, 0.4) is 0 Å². The van der Waals surface area contributed by atoms with E-state index in [1.54, 1.807) is 0 Å². The SMILES string of the molecule is O=c1cc(-n2ccc3ccccc32)c2ccccc2o1. The van der Waals surface area contributed by atoms with Gasteiger partial charge in [-0.05, 0) is 29.7 Å². The zero-order valence-corrected chi connectivity index (χ0v) is 10.6. The van der Waals surface area contributed by atoms with Crippen molar-refractivity contribution in [1.29, 1.82) is 0 Å². The van der Waals surface area contributed by atoms with Crippen molar-refractivity contribution in [3.63, 3.8) is 0 Å². The zero-order valence-electron chi connectivity index (χ0n) is 10.6. The molecule has 0 saturated heterocycles. The van der Waals surface area contributed by atoms with Crippen molar-refractivity contribution in [3.05, 3.63) is 77.3 Å². The molecule has 0 radical (unpaired) electrons. The molecule has 2 aromatic heterocycles. The van der Waals surface area contributed by atoms with Gasteiger partial charge in [-0.1, -0.05) is 30.3 Å². The van der Waals surface area contributed by atoms with E-state index in [0.29, 0.717) is 5.58 Å². The first-order valence-corrected chi connectivity index (χ1v) is 6.42. The minimum Gasteiger partial charge on any atom is -0.423 e. The van der Waals surface area contributed by atoms with Gasteiger partial charge in [0.2, 0.25) is 0 Å². The Bertz CT molecular complexity index is 979. The van der Waals surface area contributed by atoms with E-state index in [-0.39, 0.29) is 5.63 Å². The summed E-state index contributed by atoms with van der Waals surface area (Å²) in [5.41, 5.74) is 2.19. The maximum atomic E-state index is 11.8. The second kappa shape index (κ2) is 4.10. The van der Waals surface area contributed by atoms with Gasteiger partial charge in [-0.2, -0.15) is 0 Å². The van der Waals surface area contributed by atoms with Crippen LogP contribution < -0.4 is 5.63 Å². The van der Waals surface area contributed by atoms with E-state index in [0.717, 1.165) is 22.0 Å². The second-order valence-electron chi connectivity index (χ2n) is 4.69. The lowest BCUT2D eigenvalue weighted by Gasteiger charge is -2.08. The van der Waals surface area contributed by atoms with E-state index in [1.165, 1.54) is 6.07 Å². The Morgan fingerprint density at radius 2 is 1.70 bits per heavy atom. The standard InChI is InChI=1S/C17H11NO2/c19-17-11-15(13-6-2-4-8-16(13)20-17)18-10-9-12-5-1-3-7-14(12)18/h1-11H. The fourth-order valence-corrected chi connectivity index (χ4v) is 2.59. The summed E-state index contributed by atoms with van der Waals surface area (Å²) in [6.45, 7) is 0. The highest BCUT2D eigenvalue weighted by Crippen LogP contribution is 2.25. The van der Waals surface area contributed by atoms with E-state index >= 15 is 0 Å². The third-order valence-electron chi connectivity index (χ3n) is 3.49. The summed E-state index contributed by atoms with van der Waals surface area (Å²) in [5.74, 6) is 0. The van der Waals surface area contributed by atoms with Crippen LogP contribution in [-0.4, -0.2) is 4.57 Å². The number of hydrogen-bond donors (Lipinski definition) is 0.